The van der Waals surface area contributed by atoms with Crippen molar-refractivity contribution in [2.75, 3.05) is 22.9 Å². The van der Waals surface area contributed by atoms with Crippen molar-refractivity contribution < 1.29 is 4.79 Å². The van der Waals surface area contributed by atoms with Crippen LogP contribution in [0.2, 0.25) is 0 Å². The molecule has 0 saturated carbocycles. The Bertz CT molecular complexity index is 842. The molecule has 2 aromatic rings. The summed E-state index contributed by atoms with van der Waals surface area (Å²) in [5.74, 6) is -0.148. The van der Waals surface area contributed by atoms with Crippen molar-refractivity contribution in [1.82, 2.24) is 0 Å². The van der Waals surface area contributed by atoms with Crippen LogP contribution in [0.25, 0.3) is 0 Å². The standard InChI is InChI=1S/C20H20BrN3OS/c1-3-23(4-2)16-9-5-14(6-10-16)13-18-19(25)24(20(26)22-18)17-11-7-15(21)8-12-17/h5-12H,3-4,13H2,1-2H3. The van der Waals surface area contributed by atoms with E-state index in [-0.39, 0.29) is 5.91 Å². The van der Waals surface area contributed by atoms with Gasteiger partial charge in [0.15, 0.2) is 0 Å². The van der Waals surface area contributed by atoms with Crippen molar-refractivity contribution in [3.8, 4) is 0 Å². The maximum absolute atomic E-state index is 12.8. The molecular weight excluding hydrogens is 410 g/mol. The smallest absolute Gasteiger partial charge is 0.279 e. The molecular formula is C20H20BrN3OS. The van der Waals surface area contributed by atoms with Crippen LogP contribution in [0, 0.1) is 0 Å². The molecule has 2 aromatic carbocycles. The first-order valence-electron chi connectivity index (χ1n) is 8.59. The molecule has 0 saturated heterocycles. The van der Waals surface area contributed by atoms with E-state index in [1.54, 1.807) is 0 Å². The molecule has 1 aliphatic heterocycles. The van der Waals surface area contributed by atoms with Gasteiger partial charge in [-0.25, -0.2) is 4.99 Å². The molecule has 0 aliphatic carbocycles. The minimum atomic E-state index is -0.148. The molecule has 4 nitrogen and oxygen atoms in total. The van der Waals surface area contributed by atoms with Gasteiger partial charge in [0.2, 0.25) is 5.11 Å². The Morgan fingerprint density at radius 1 is 1.04 bits per heavy atom. The maximum Gasteiger partial charge on any atom is 0.279 e. The number of anilines is 2. The minimum absolute atomic E-state index is 0.148. The van der Waals surface area contributed by atoms with E-state index in [9.17, 15) is 4.79 Å². The zero-order chi connectivity index (χ0) is 18.7. The molecule has 0 unspecified atom stereocenters. The maximum atomic E-state index is 12.8. The molecule has 0 fully saturated rings. The molecule has 134 valence electrons. The van der Waals surface area contributed by atoms with Crippen molar-refractivity contribution in [3.63, 3.8) is 0 Å². The average Bonchev–Trinajstić information content (AvgIpc) is 2.92. The quantitative estimate of drug-likeness (QED) is 0.628. The molecule has 0 bridgehead atoms. The molecule has 0 N–H and O–H groups in total. The monoisotopic (exact) mass is 429 g/mol. The summed E-state index contributed by atoms with van der Waals surface area (Å²) in [6.07, 6.45) is 0.477. The molecule has 6 heteroatoms. The summed E-state index contributed by atoms with van der Waals surface area (Å²) in [5.41, 5.74) is 3.45. The number of hydrogen-bond acceptors (Lipinski definition) is 3. The van der Waals surface area contributed by atoms with E-state index < -0.39 is 0 Å². The Morgan fingerprint density at radius 2 is 1.65 bits per heavy atom. The van der Waals surface area contributed by atoms with Gasteiger partial charge >= 0.3 is 0 Å². The number of thiocarbonyl (C=S) groups is 1. The zero-order valence-electron chi connectivity index (χ0n) is 14.8. The van der Waals surface area contributed by atoms with Gasteiger partial charge in [-0.1, -0.05) is 28.1 Å². The fraction of sp³-hybridized carbons (Fsp3) is 0.250. The van der Waals surface area contributed by atoms with E-state index in [2.05, 4.69) is 63.9 Å². The van der Waals surface area contributed by atoms with Crippen LogP contribution in [-0.4, -0.2) is 29.8 Å². The molecule has 0 atom stereocenters. The predicted octanol–water partition coefficient (Wildman–Crippen LogP) is 4.61. The lowest BCUT2D eigenvalue weighted by Gasteiger charge is -2.21. The van der Waals surface area contributed by atoms with Crippen molar-refractivity contribution in [2.24, 2.45) is 4.99 Å². The Morgan fingerprint density at radius 3 is 2.23 bits per heavy atom. The third kappa shape index (κ3) is 3.86. The number of aliphatic imine (C=N–C) groups is 1. The van der Waals surface area contributed by atoms with E-state index in [4.69, 9.17) is 12.2 Å². The summed E-state index contributed by atoms with van der Waals surface area (Å²) in [4.78, 5) is 20.9. The van der Waals surface area contributed by atoms with Crippen LogP contribution in [0.15, 0.2) is 58.0 Å². The van der Waals surface area contributed by atoms with Gasteiger partial charge in [0, 0.05) is 29.7 Å². The van der Waals surface area contributed by atoms with Crippen LogP contribution in [0.1, 0.15) is 19.4 Å². The van der Waals surface area contributed by atoms with Crippen LogP contribution in [0.4, 0.5) is 11.4 Å². The highest BCUT2D eigenvalue weighted by Gasteiger charge is 2.31. The highest BCUT2D eigenvalue weighted by molar-refractivity contribution is 9.10. The molecule has 0 radical (unpaired) electrons. The summed E-state index contributed by atoms with van der Waals surface area (Å²) in [7, 11) is 0. The number of halogens is 1. The van der Waals surface area contributed by atoms with Gasteiger partial charge in [0.1, 0.15) is 5.71 Å². The van der Waals surface area contributed by atoms with Crippen molar-refractivity contribution in [1.29, 1.82) is 0 Å². The molecule has 0 aromatic heterocycles. The number of nitrogens with zero attached hydrogens (tertiary/aromatic N) is 3. The van der Waals surface area contributed by atoms with Crippen LogP contribution in [0.5, 0.6) is 0 Å². The topological polar surface area (TPSA) is 35.9 Å². The largest absolute Gasteiger partial charge is 0.372 e. The zero-order valence-corrected chi connectivity index (χ0v) is 17.2. The summed E-state index contributed by atoms with van der Waals surface area (Å²) < 4.78 is 0.952. The van der Waals surface area contributed by atoms with Crippen molar-refractivity contribution >= 4 is 56.3 Å². The summed E-state index contributed by atoms with van der Waals surface area (Å²) >= 11 is 8.71. The highest BCUT2D eigenvalue weighted by Crippen LogP contribution is 2.24. The van der Waals surface area contributed by atoms with Gasteiger partial charge in [0.25, 0.3) is 5.91 Å². The van der Waals surface area contributed by atoms with E-state index in [1.807, 2.05) is 24.3 Å². The van der Waals surface area contributed by atoms with Gasteiger partial charge in [0.05, 0.1) is 5.69 Å². The lowest BCUT2D eigenvalue weighted by atomic mass is 10.1. The molecule has 3 rings (SSSR count). The fourth-order valence-electron chi connectivity index (χ4n) is 2.97. The van der Waals surface area contributed by atoms with E-state index in [0.717, 1.165) is 28.8 Å². The van der Waals surface area contributed by atoms with Gasteiger partial charge < -0.3 is 4.90 Å². The van der Waals surface area contributed by atoms with Gasteiger partial charge in [-0.2, -0.15) is 0 Å². The number of hydrogen-bond donors (Lipinski definition) is 0. The highest BCUT2D eigenvalue weighted by atomic mass is 79.9. The van der Waals surface area contributed by atoms with Crippen LogP contribution >= 0.6 is 28.1 Å². The number of rotatable bonds is 6. The van der Waals surface area contributed by atoms with Gasteiger partial charge in [-0.3, -0.25) is 9.69 Å². The summed E-state index contributed by atoms with van der Waals surface area (Å²) in [5, 5.41) is 0.298. The second-order valence-corrected chi connectivity index (χ2v) is 7.25. The normalized spacial score (nSPS) is 14.0. The number of carbonyl (C=O) groups excluding carboxylic acids is 1. The number of amides is 1. The Kier molecular flexibility index (Phi) is 5.84. The van der Waals surface area contributed by atoms with Crippen molar-refractivity contribution in [2.45, 2.75) is 20.3 Å². The Hall–Kier alpha value is -2.05. The minimum Gasteiger partial charge on any atom is -0.372 e. The summed E-state index contributed by atoms with van der Waals surface area (Å²) in [6.45, 7) is 6.22. The molecule has 1 amide bonds. The predicted molar refractivity (Wildman–Crippen MR) is 115 cm³/mol. The first-order chi connectivity index (χ1) is 12.5. The summed E-state index contributed by atoms with van der Waals surface area (Å²) in [6, 6.07) is 15.8. The van der Waals surface area contributed by atoms with E-state index >= 15 is 0 Å². The fourth-order valence-corrected chi connectivity index (χ4v) is 3.53. The third-order valence-electron chi connectivity index (χ3n) is 4.39. The first kappa shape index (κ1) is 18.7. The van der Waals surface area contributed by atoms with Crippen LogP contribution in [-0.2, 0) is 11.2 Å². The van der Waals surface area contributed by atoms with E-state index in [1.165, 1.54) is 10.6 Å². The average molecular weight is 430 g/mol. The second-order valence-electron chi connectivity index (χ2n) is 5.97. The molecule has 26 heavy (non-hydrogen) atoms. The Labute approximate surface area is 167 Å². The molecule has 0 spiro atoms. The first-order valence-corrected chi connectivity index (χ1v) is 9.79. The SMILES string of the molecule is CCN(CC)c1ccc(CC2=NC(=S)N(c3ccc(Br)cc3)C2=O)cc1. The third-order valence-corrected chi connectivity index (χ3v) is 5.20. The van der Waals surface area contributed by atoms with E-state index in [0.29, 0.717) is 17.2 Å². The lowest BCUT2D eigenvalue weighted by Crippen LogP contribution is -2.33. The van der Waals surface area contributed by atoms with Gasteiger partial charge in [-0.05, 0) is 68.0 Å². The molecule has 1 heterocycles. The Balaban J connectivity index is 1.74. The molecule has 1 aliphatic rings. The number of carbonyl (C=O) groups is 1. The lowest BCUT2D eigenvalue weighted by molar-refractivity contribution is -0.111. The van der Waals surface area contributed by atoms with Crippen molar-refractivity contribution in [3.05, 3.63) is 58.6 Å². The number of benzene rings is 2. The second kappa shape index (κ2) is 8.10. The van der Waals surface area contributed by atoms with Crippen LogP contribution in [0.3, 0.4) is 0 Å². The van der Waals surface area contributed by atoms with Crippen LogP contribution < -0.4 is 9.80 Å². The van der Waals surface area contributed by atoms with Gasteiger partial charge in [-0.15, -0.1) is 0 Å².